The number of nitrogens with one attached hydrogen (secondary N) is 1. The summed E-state index contributed by atoms with van der Waals surface area (Å²) in [6.07, 6.45) is 1.79. The largest absolute Gasteiger partial charge is 0.495 e. The third-order valence-corrected chi connectivity index (χ3v) is 8.50. The highest BCUT2D eigenvalue weighted by Gasteiger charge is 2.31. The van der Waals surface area contributed by atoms with Gasteiger partial charge >= 0.3 is 0 Å². The van der Waals surface area contributed by atoms with E-state index in [9.17, 15) is 22.0 Å². The molecule has 0 aliphatic carbocycles. The van der Waals surface area contributed by atoms with E-state index in [0.717, 1.165) is 0 Å². The fourth-order valence-corrected chi connectivity index (χ4v) is 5.96. The molecule has 1 N–H and O–H groups in total. The van der Waals surface area contributed by atoms with Gasteiger partial charge in [-0.1, -0.05) is 37.8 Å². The van der Waals surface area contributed by atoms with E-state index in [1.54, 1.807) is 18.2 Å². The number of halogens is 2. The molecule has 0 radical (unpaired) electrons. The lowest BCUT2D eigenvalue weighted by Gasteiger charge is -2.27. The van der Waals surface area contributed by atoms with Crippen LogP contribution >= 0.6 is 0 Å². The molecule has 37 heavy (non-hydrogen) atoms. The van der Waals surface area contributed by atoms with Gasteiger partial charge < -0.3 is 14.9 Å². The summed E-state index contributed by atoms with van der Waals surface area (Å²) in [7, 11) is -2.36. The summed E-state index contributed by atoms with van der Waals surface area (Å²) >= 11 is 0. The molecule has 0 aromatic heterocycles. The van der Waals surface area contributed by atoms with E-state index in [4.69, 9.17) is 14.9 Å². The van der Waals surface area contributed by atoms with Crippen molar-refractivity contribution in [2.75, 3.05) is 26.1 Å². The smallest absolute Gasteiger partial charge is 0.291 e. The maximum atomic E-state index is 13.9. The van der Waals surface area contributed by atoms with Crippen molar-refractivity contribution in [1.29, 1.82) is 5.41 Å². The molecule has 200 valence electrons. The van der Waals surface area contributed by atoms with E-state index < -0.39 is 15.8 Å². The number of alkyl halides is 2. The minimum atomic E-state index is -3.73. The zero-order valence-corrected chi connectivity index (χ0v) is 22.0. The number of hydrogen-bond acceptors (Lipinski definition) is 6. The Balaban J connectivity index is 1.66. The van der Waals surface area contributed by atoms with E-state index in [2.05, 4.69) is 6.58 Å². The quantitative estimate of drug-likeness (QED) is 0.300. The van der Waals surface area contributed by atoms with Crippen LogP contribution in [0.25, 0.3) is 0 Å². The molecule has 0 saturated carbocycles. The monoisotopic (exact) mass is 533 g/mol. The molecule has 2 aromatic carbocycles. The zero-order chi connectivity index (χ0) is 27.2. The summed E-state index contributed by atoms with van der Waals surface area (Å²) < 4.78 is 64.6. The molecular formula is C28H33F2NO5S. The van der Waals surface area contributed by atoms with Crippen molar-refractivity contribution in [2.45, 2.75) is 43.4 Å². The average Bonchev–Trinajstić information content (AvgIpc) is 2.88. The number of allylic oxidation sites excluding steroid dienone is 1. The molecule has 1 fully saturated rings. The second kappa shape index (κ2) is 12.1. The number of ether oxygens (including phenoxy) is 2. The third-order valence-electron chi connectivity index (χ3n) is 6.67. The minimum absolute atomic E-state index is 0.0154. The van der Waals surface area contributed by atoms with Crippen molar-refractivity contribution in [3.05, 3.63) is 71.8 Å². The number of benzene rings is 2. The fraction of sp³-hybridized carbons (Fsp3) is 0.429. The normalized spacial score (nSPS) is 18.3. The first-order valence-electron chi connectivity index (χ1n) is 12.2. The highest BCUT2D eigenvalue weighted by Crippen LogP contribution is 2.31. The summed E-state index contributed by atoms with van der Waals surface area (Å²) in [5.74, 6) is -3.61. The predicted octanol–water partition coefficient (Wildman–Crippen LogP) is 5.18. The zero-order valence-electron chi connectivity index (χ0n) is 21.1. The van der Waals surface area contributed by atoms with Crippen LogP contribution in [0.15, 0.2) is 60.0 Å². The first-order chi connectivity index (χ1) is 17.5. The van der Waals surface area contributed by atoms with E-state index in [-0.39, 0.29) is 58.1 Å². The number of carbonyl (C=O) groups is 1. The van der Waals surface area contributed by atoms with Crippen LogP contribution in [0, 0.1) is 17.2 Å². The Hall–Kier alpha value is -2.91. The molecule has 3 rings (SSSR count). The standard InChI is InChI=1S/C28H33F2NO5S/c1-4-28(29,30)22-9-5-7-20(15-22)8-6-14-37(33,34)26-11-10-21(17-25(26)35-3)16-24(31)27(32)23-12-13-36-18-19(23)2/h4-5,7,9-11,15,17,19,23,31H,1,6,8,12-14,16,18H2,2-3H3/t19-,23+/m1/s1. The summed E-state index contributed by atoms with van der Waals surface area (Å²) in [5.41, 5.74) is 1.00. The summed E-state index contributed by atoms with van der Waals surface area (Å²) in [4.78, 5) is 12.8. The van der Waals surface area contributed by atoms with Crippen molar-refractivity contribution in [3.63, 3.8) is 0 Å². The van der Waals surface area contributed by atoms with Crippen molar-refractivity contribution in [2.24, 2.45) is 11.8 Å². The molecule has 0 amide bonds. The van der Waals surface area contributed by atoms with Crippen LogP contribution in [0.4, 0.5) is 8.78 Å². The number of aryl methyl sites for hydroxylation is 1. The van der Waals surface area contributed by atoms with E-state index in [0.29, 0.717) is 43.3 Å². The summed E-state index contributed by atoms with van der Waals surface area (Å²) in [6.45, 7) is 6.10. The van der Waals surface area contributed by atoms with Gasteiger partial charge in [-0.3, -0.25) is 4.79 Å². The van der Waals surface area contributed by atoms with Crippen molar-refractivity contribution >= 4 is 21.3 Å². The highest BCUT2D eigenvalue weighted by molar-refractivity contribution is 7.91. The molecule has 6 nitrogen and oxygen atoms in total. The molecule has 0 spiro atoms. The maximum absolute atomic E-state index is 13.9. The van der Waals surface area contributed by atoms with Gasteiger partial charge in [0.2, 0.25) is 0 Å². The molecule has 1 aliphatic rings. The highest BCUT2D eigenvalue weighted by atomic mass is 32.2. The lowest BCUT2D eigenvalue weighted by atomic mass is 9.83. The Kier molecular flexibility index (Phi) is 9.36. The first kappa shape index (κ1) is 28.7. The van der Waals surface area contributed by atoms with Crippen LogP contribution in [-0.2, 0) is 38.1 Å². The lowest BCUT2D eigenvalue weighted by molar-refractivity contribution is -0.121. The number of sulfone groups is 1. The molecule has 0 bridgehead atoms. The minimum Gasteiger partial charge on any atom is -0.495 e. The van der Waals surface area contributed by atoms with Crippen molar-refractivity contribution < 1.29 is 31.5 Å². The number of rotatable bonds is 12. The first-order valence-corrected chi connectivity index (χ1v) is 13.8. The lowest BCUT2D eigenvalue weighted by Crippen LogP contribution is -2.35. The Morgan fingerprint density at radius 3 is 2.68 bits per heavy atom. The van der Waals surface area contributed by atoms with Gasteiger partial charge in [0.05, 0.1) is 18.6 Å². The topological polar surface area (TPSA) is 93.5 Å². The van der Waals surface area contributed by atoms with E-state index >= 15 is 0 Å². The molecule has 1 aliphatic heterocycles. The van der Waals surface area contributed by atoms with Gasteiger partial charge in [0.25, 0.3) is 5.92 Å². The SMILES string of the molecule is C=CC(F)(F)c1cccc(CCCS(=O)(=O)c2ccc(CC(=N)C(=O)[C@H]3CCOC[C@H]3C)cc2OC)c1. The Labute approximate surface area is 217 Å². The maximum Gasteiger partial charge on any atom is 0.291 e. The second-order valence-corrected chi connectivity index (χ2v) is 11.5. The number of ketones is 1. The summed E-state index contributed by atoms with van der Waals surface area (Å²) in [5, 5.41) is 8.30. The number of Topliss-reactive ketones (excluding diaryl/α,β-unsaturated/α-hetero) is 1. The second-order valence-electron chi connectivity index (χ2n) is 9.40. The van der Waals surface area contributed by atoms with E-state index in [1.165, 1.54) is 31.4 Å². The Bertz CT molecular complexity index is 1260. The van der Waals surface area contributed by atoms with Gasteiger partial charge in [-0.05, 0) is 60.6 Å². The molecule has 1 heterocycles. The van der Waals surface area contributed by atoms with Crippen LogP contribution in [0.1, 0.15) is 36.5 Å². The van der Waals surface area contributed by atoms with Crippen molar-refractivity contribution in [3.8, 4) is 5.75 Å². The van der Waals surface area contributed by atoms with Gasteiger partial charge in [0, 0.05) is 31.1 Å². The van der Waals surface area contributed by atoms with Gasteiger partial charge in [0.15, 0.2) is 15.6 Å². The molecule has 0 unspecified atom stereocenters. The molecule has 1 saturated heterocycles. The van der Waals surface area contributed by atoms with Crippen molar-refractivity contribution in [1.82, 2.24) is 0 Å². The van der Waals surface area contributed by atoms with Crippen LogP contribution < -0.4 is 4.74 Å². The Morgan fingerprint density at radius 2 is 2.00 bits per heavy atom. The van der Waals surface area contributed by atoms with Crippen LogP contribution in [0.5, 0.6) is 5.75 Å². The molecule has 2 atom stereocenters. The molecule has 9 heteroatoms. The van der Waals surface area contributed by atoms with E-state index in [1.807, 2.05) is 6.92 Å². The predicted molar refractivity (Wildman–Crippen MR) is 138 cm³/mol. The summed E-state index contributed by atoms with van der Waals surface area (Å²) in [6, 6.07) is 10.4. The van der Waals surface area contributed by atoms with Crippen LogP contribution in [0.3, 0.4) is 0 Å². The van der Waals surface area contributed by atoms with Crippen LogP contribution in [0.2, 0.25) is 0 Å². The van der Waals surface area contributed by atoms with Gasteiger partial charge in [-0.25, -0.2) is 8.42 Å². The number of hydrogen-bond donors (Lipinski definition) is 1. The van der Waals surface area contributed by atoms with Gasteiger partial charge in [-0.2, -0.15) is 8.78 Å². The average molecular weight is 534 g/mol. The number of carbonyl (C=O) groups excluding carboxylic acids is 1. The number of methoxy groups -OCH3 is 1. The third kappa shape index (κ3) is 7.11. The van der Waals surface area contributed by atoms with Gasteiger partial charge in [-0.15, -0.1) is 0 Å². The van der Waals surface area contributed by atoms with Gasteiger partial charge in [0.1, 0.15) is 10.6 Å². The fourth-order valence-electron chi connectivity index (χ4n) is 4.49. The molecule has 2 aromatic rings. The Morgan fingerprint density at radius 1 is 1.24 bits per heavy atom. The van der Waals surface area contributed by atoms with Crippen LogP contribution in [-0.4, -0.2) is 46.0 Å². The molecular weight excluding hydrogens is 500 g/mol.